The number of carbonyl (C=O) groups is 1. The van der Waals surface area contributed by atoms with Crippen LogP contribution in [0.4, 0.5) is 0 Å². The molecule has 0 atom stereocenters. The van der Waals surface area contributed by atoms with Crippen molar-refractivity contribution in [3.63, 3.8) is 0 Å². The quantitative estimate of drug-likeness (QED) is 0.277. The summed E-state index contributed by atoms with van der Waals surface area (Å²) in [7, 11) is 0. The minimum atomic E-state index is -0.0269. The van der Waals surface area contributed by atoms with E-state index in [0.717, 1.165) is 29.1 Å². The Labute approximate surface area is 180 Å². The molecule has 0 aliphatic carbocycles. The Hall–Kier alpha value is -3.13. The van der Waals surface area contributed by atoms with Gasteiger partial charge in [0.05, 0.1) is 11.4 Å². The van der Waals surface area contributed by atoms with Crippen molar-refractivity contribution in [2.24, 2.45) is 4.99 Å². The van der Waals surface area contributed by atoms with Crippen molar-refractivity contribution in [3.8, 4) is 11.5 Å². The van der Waals surface area contributed by atoms with Gasteiger partial charge in [-0.05, 0) is 43.8 Å². The summed E-state index contributed by atoms with van der Waals surface area (Å²) in [5.74, 6) is 1.28. The van der Waals surface area contributed by atoms with E-state index in [0.29, 0.717) is 31.5 Å². The standard InChI is InChI=1S/C22H27N5O2S/c1-3-23-22(25-12-5-11-24-20(28)19-6-4-13-30-19)26-14-18-15-29-21(27-18)17-9-7-16(2)8-10-17/h4,6-10,13,15H,3,5,11-12,14H2,1-2H3,(H,24,28)(H2,23,25,26). The lowest BCUT2D eigenvalue weighted by Crippen LogP contribution is -2.38. The van der Waals surface area contributed by atoms with Gasteiger partial charge < -0.3 is 20.4 Å². The summed E-state index contributed by atoms with van der Waals surface area (Å²) < 4.78 is 5.59. The third-order valence-electron chi connectivity index (χ3n) is 4.27. The average molecular weight is 426 g/mol. The van der Waals surface area contributed by atoms with E-state index in [1.807, 2.05) is 55.6 Å². The molecule has 2 heterocycles. The SMILES string of the molecule is CCNC(=NCc1coc(-c2ccc(C)cc2)n1)NCCCNC(=O)c1cccs1. The van der Waals surface area contributed by atoms with Crippen molar-refractivity contribution in [2.45, 2.75) is 26.8 Å². The van der Waals surface area contributed by atoms with Crippen LogP contribution in [-0.2, 0) is 6.54 Å². The number of aliphatic imine (C=N–C) groups is 1. The van der Waals surface area contributed by atoms with Crippen molar-refractivity contribution in [3.05, 3.63) is 64.2 Å². The first kappa shape index (κ1) is 21.6. The first-order valence-electron chi connectivity index (χ1n) is 10.0. The number of thiophene rings is 1. The number of benzene rings is 1. The highest BCUT2D eigenvalue weighted by Crippen LogP contribution is 2.19. The zero-order valence-electron chi connectivity index (χ0n) is 17.3. The Kier molecular flexibility index (Phi) is 8.02. The van der Waals surface area contributed by atoms with Gasteiger partial charge in [0.25, 0.3) is 5.91 Å². The number of carbonyl (C=O) groups excluding carboxylic acids is 1. The van der Waals surface area contributed by atoms with E-state index >= 15 is 0 Å². The van der Waals surface area contributed by atoms with Gasteiger partial charge in [-0.15, -0.1) is 11.3 Å². The average Bonchev–Trinajstić information content (AvgIpc) is 3.44. The number of aryl methyl sites for hydroxylation is 1. The molecule has 1 aromatic carbocycles. The van der Waals surface area contributed by atoms with Crippen molar-refractivity contribution in [1.82, 2.24) is 20.9 Å². The lowest BCUT2D eigenvalue weighted by Gasteiger charge is -2.11. The molecule has 3 N–H and O–H groups in total. The van der Waals surface area contributed by atoms with Crippen LogP contribution in [0.3, 0.4) is 0 Å². The Bertz CT molecular complexity index is 948. The predicted molar refractivity (Wildman–Crippen MR) is 121 cm³/mol. The molecule has 8 heteroatoms. The maximum atomic E-state index is 11.9. The minimum Gasteiger partial charge on any atom is -0.444 e. The molecule has 158 valence electrons. The fourth-order valence-corrected chi connectivity index (χ4v) is 3.34. The second-order valence-electron chi connectivity index (χ2n) is 6.72. The van der Waals surface area contributed by atoms with Crippen LogP contribution >= 0.6 is 11.3 Å². The highest BCUT2D eigenvalue weighted by Gasteiger charge is 2.07. The molecule has 3 aromatic rings. The van der Waals surface area contributed by atoms with Crippen LogP contribution in [0.15, 0.2) is 57.5 Å². The number of rotatable bonds is 9. The number of hydrogen-bond donors (Lipinski definition) is 3. The first-order valence-corrected chi connectivity index (χ1v) is 10.9. The maximum Gasteiger partial charge on any atom is 0.261 e. The lowest BCUT2D eigenvalue weighted by atomic mass is 10.1. The highest BCUT2D eigenvalue weighted by atomic mass is 32.1. The monoisotopic (exact) mass is 425 g/mol. The third kappa shape index (κ3) is 6.45. The number of oxazole rings is 1. The molecule has 30 heavy (non-hydrogen) atoms. The maximum absolute atomic E-state index is 11.9. The molecule has 0 fully saturated rings. The second kappa shape index (κ2) is 11.2. The summed E-state index contributed by atoms with van der Waals surface area (Å²) in [6.07, 6.45) is 2.44. The van der Waals surface area contributed by atoms with E-state index in [4.69, 9.17) is 4.42 Å². The number of nitrogens with zero attached hydrogens (tertiary/aromatic N) is 2. The number of aromatic nitrogens is 1. The van der Waals surface area contributed by atoms with Crippen LogP contribution in [0.1, 0.15) is 34.3 Å². The minimum absolute atomic E-state index is 0.0269. The van der Waals surface area contributed by atoms with Crippen molar-refractivity contribution < 1.29 is 9.21 Å². The molecule has 0 radical (unpaired) electrons. The third-order valence-corrected chi connectivity index (χ3v) is 5.14. The molecule has 0 bridgehead atoms. The van der Waals surface area contributed by atoms with Gasteiger partial charge in [-0.1, -0.05) is 23.8 Å². The molecule has 2 aromatic heterocycles. The van der Waals surface area contributed by atoms with Gasteiger partial charge in [0.15, 0.2) is 5.96 Å². The van der Waals surface area contributed by atoms with Gasteiger partial charge in [-0.25, -0.2) is 9.98 Å². The summed E-state index contributed by atoms with van der Waals surface area (Å²) in [5.41, 5.74) is 2.92. The summed E-state index contributed by atoms with van der Waals surface area (Å²) in [6.45, 7) is 6.54. The van der Waals surface area contributed by atoms with Crippen LogP contribution in [0.2, 0.25) is 0 Å². The Morgan fingerprint density at radius 1 is 1.13 bits per heavy atom. The van der Waals surface area contributed by atoms with E-state index in [1.165, 1.54) is 16.9 Å². The van der Waals surface area contributed by atoms with Gasteiger partial charge in [-0.3, -0.25) is 4.79 Å². The van der Waals surface area contributed by atoms with Crippen LogP contribution < -0.4 is 16.0 Å². The van der Waals surface area contributed by atoms with Crippen molar-refractivity contribution in [1.29, 1.82) is 0 Å². The summed E-state index contributed by atoms with van der Waals surface area (Å²) in [5, 5.41) is 11.3. The summed E-state index contributed by atoms with van der Waals surface area (Å²) in [4.78, 5) is 21.7. The van der Waals surface area contributed by atoms with Crippen LogP contribution in [0, 0.1) is 6.92 Å². The number of nitrogens with one attached hydrogen (secondary N) is 3. The molecule has 1 amide bonds. The Balaban J connectivity index is 1.45. The smallest absolute Gasteiger partial charge is 0.261 e. The van der Waals surface area contributed by atoms with Gasteiger partial charge in [0.1, 0.15) is 12.0 Å². The molecule has 3 rings (SSSR count). The van der Waals surface area contributed by atoms with E-state index in [1.54, 1.807) is 6.26 Å². The number of guanidine groups is 1. The Morgan fingerprint density at radius 3 is 2.67 bits per heavy atom. The normalized spacial score (nSPS) is 11.3. The second-order valence-corrected chi connectivity index (χ2v) is 7.67. The van der Waals surface area contributed by atoms with Crippen LogP contribution in [0.25, 0.3) is 11.5 Å². The zero-order chi connectivity index (χ0) is 21.2. The van der Waals surface area contributed by atoms with Crippen molar-refractivity contribution >= 4 is 23.2 Å². The predicted octanol–water partition coefficient (Wildman–Crippen LogP) is 3.59. The molecule has 0 saturated carbocycles. The lowest BCUT2D eigenvalue weighted by molar-refractivity contribution is 0.0957. The number of amides is 1. The van der Waals surface area contributed by atoms with E-state index in [9.17, 15) is 4.79 Å². The fraction of sp³-hybridized carbons (Fsp3) is 0.318. The molecule has 7 nitrogen and oxygen atoms in total. The Morgan fingerprint density at radius 2 is 1.93 bits per heavy atom. The molecular weight excluding hydrogens is 398 g/mol. The molecule has 0 saturated heterocycles. The van der Waals surface area contributed by atoms with Gasteiger partial charge >= 0.3 is 0 Å². The highest BCUT2D eigenvalue weighted by molar-refractivity contribution is 7.12. The van der Waals surface area contributed by atoms with Crippen molar-refractivity contribution in [2.75, 3.05) is 19.6 Å². The van der Waals surface area contributed by atoms with E-state index in [2.05, 4.69) is 25.9 Å². The molecular formula is C22H27N5O2S. The van der Waals surface area contributed by atoms with Gasteiger partial charge in [0.2, 0.25) is 5.89 Å². The first-order chi connectivity index (χ1) is 14.7. The molecule has 0 spiro atoms. The summed E-state index contributed by atoms with van der Waals surface area (Å²) in [6, 6.07) is 11.8. The van der Waals surface area contributed by atoms with Gasteiger partial charge in [-0.2, -0.15) is 0 Å². The van der Waals surface area contributed by atoms with Crippen LogP contribution in [0.5, 0.6) is 0 Å². The zero-order valence-corrected chi connectivity index (χ0v) is 18.1. The fourth-order valence-electron chi connectivity index (χ4n) is 2.70. The van der Waals surface area contributed by atoms with E-state index in [-0.39, 0.29) is 5.91 Å². The topological polar surface area (TPSA) is 91.6 Å². The van der Waals surface area contributed by atoms with Crippen LogP contribution in [-0.4, -0.2) is 36.5 Å². The molecule has 0 aliphatic heterocycles. The number of hydrogen-bond acceptors (Lipinski definition) is 5. The van der Waals surface area contributed by atoms with E-state index < -0.39 is 0 Å². The summed E-state index contributed by atoms with van der Waals surface area (Å²) >= 11 is 1.44. The van der Waals surface area contributed by atoms with Gasteiger partial charge in [0, 0.05) is 25.2 Å². The molecule has 0 unspecified atom stereocenters. The largest absolute Gasteiger partial charge is 0.444 e. The molecule has 0 aliphatic rings.